The number of nitrogens with two attached hydrogens (primary N) is 2. The summed E-state index contributed by atoms with van der Waals surface area (Å²) in [5.74, 6) is -1.02. The number of aliphatic carboxylic acids is 1. The average molecular weight is 177 g/mol. The van der Waals surface area contributed by atoms with E-state index in [4.69, 9.17) is 16.6 Å². The van der Waals surface area contributed by atoms with E-state index < -0.39 is 12.0 Å². The molecule has 0 aromatic heterocycles. The SMILES string of the molecule is NC(=S)NCCC(N)C(=O)O. The summed E-state index contributed by atoms with van der Waals surface area (Å²) in [6.07, 6.45) is 0.312. The van der Waals surface area contributed by atoms with Crippen LogP contribution < -0.4 is 16.8 Å². The topological polar surface area (TPSA) is 101 Å². The van der Waals surface area contributed by atoms with Gasteiger partial charge in [0.25, 0.3) is 0 Å². The molecule has 0 aromatic rings. The van der Waals surface area contributed by atoms with Gasteiger partial charge in [-0.2, -0.15) is 0 Å². The molecule has 6 heteroatoms. The number of nitrogens with one attached hydrogen (secondary N) is 1. The van der Waals surface area contributed by atoms with Gasteiger partial charge >= 0.3 is 5.97 Å². The van der Waals surface area contributed by atoms with Gasteiger partial charge in [0, 0.05) is 6.54 Å². The van der Waals surface area contributed by atoms with Gasteiger partial charge in [-0.25, -0.2) is 0 Å². The number of hydrogen-bond donors (Lipinski definition) is 4. The lowest BCUT2D eigenvalue weighted by atomic mass is 10.2. The predicted molar refractivity (Wildman–Crippen MR) is 45.0 cm³/mol. The van der Waals surface area contributed by atoms with E-state index in [1.807, 2.05) is 0 Å². The van der Waals surface area contributed by atoms with Crippen LogP contribution in [0.2, 0.25) is 0 Å². The van der Waals surface area contributed by atoms with Crippen molar-refractivity contribution in [1.29, 1.82) is 0 Å². The van der Waals surface area contributed by atoms with Gasteiger partial charge in [-0.3, -0.25) is 4.79 Å². The highest BCUT2D eigenvalue weighted by Gasteiger charge is 2.09. The van der Waals surface area contributed by atoms with Crippen molar-refractivity contribution in [3.8, 4) is 0 Å². The molecule has 1 unspecified atom stereocenters. The Labute approximate surface area is 69.7 Å². The van der Waals surface area contributed by atoms with Gasteiger partial charge in [0.05, 0.1) is 0 Å². The van der Waals surface area contributed by atoms with Crippen molar-refractivity contribution in [2.24, 2.45) is 11.5 Å². The van der Waals surface area contributed by atoms with Crippen LogP contribution in [0.1, 0.15) is 6.42 Å². The van der Waals surface area contributed by atoms with Crippen LogP contribution in [-0.4, -0.2) is 28.8 Å². The lowest BCUT2D eigenvalue weighted by molar-refractivity contribution is -0.138. The summed E-state index contributed by atoms with van der Waals surface area (Å²) in [5.41, 5.74) is 10.3. The Kier molecular flexibility index (Phi) is 4.47. The van der Waals surface area contributed by atoms with Crippen LogP contribution in [0.4, 0.5) is 0 Å². The van der Waals surface area contributed by atoms with Crippen molar-refractivity contribution in [3.63, 3.8) is 0 Å². The Bertz CT molecular complexity index is 162. The standard InChI is InChI=1S/C5H11N3O2S/c6-3(4(9)10)1-2-8-5(7)11/h3H,1-2,6H2,(H,9,10)(H3,7,8,11). The fourth-order valence-corrected chi connectivity index (χ4v) is 0.576. The van der Waals surface area contributed by atoms with Crippen molar-refractivity contribution < 1.29 is 9.90 Å². The monoisotopic (exact) mass is 177 g/mol. The van der Waals surface area contributed by atoms with E-state index in [0.717, 1.165) is 0 Å². The molecule has 0 aliphatic carbocycles. The summed E-state index contributed by atoms with van der Waals surface area (Å²) in [5, 5.41) is 11.1. The summed E-state index contributed by atoms with van der Waals surface area (Å²) < 4.78 is 0. The zero-order valence-electron chi connectivity index (χ0n) is 5.91. The van der Waals surface area contributed by atoms with E-state index in [-0.39, 0.29) is 5.11 Å². The Morgan fingerprint density at radius 1 is 1.73 bits per heavy atom. The van der Waals surface area contributed by atoms with Crippen LogP contribution in [0.25, 0.3) is 0 Å². The fraction of sp³-hybridized carbons (Fsp3) is 0.600. The van der Waals surface area contributed by atoms with Crippen molar-refractivity contribution in [2.45, 2.75) is 12.5 Å². The average Bonchev–Trinajstić information content (AvgIpc) is 1.86. The molecule has 6 N–H and O–H groups in total. The third-order valence-electron chi connectivity index (χ3n) is 1.07. The molecule has 0 amide bonds. The highest BCUT2D eigenvalue weighted by Crippen LogP contribution is 1.84. The molecule has 0 saturated carbocycles. The summed E-state index contributed by atoms with van der Waals surface area (Å²) in [4.78, 5) is 10.2. The van der Waals surface area contributed by atoms with Gasteiger partial charge in [0.15, 0.2) is 5.11 Å². The Hall–Kier alpha value is -0.880. The van der Waals surface area contributed by atoms with E-state index in [0.29, 0.717) is 13.0 Å². The minimum absolute atomic E-state index is 0.155. The van der Waals surface area contributed by atoms with Gasteiger partial charge in [0.2, 0.25) is 0 Å². The van der Waals surface area contributed by atoms with Gasteiger partial charge in [-0.15, -0.1) is 0 Å². The van der Waals surface area contributed by atoms with E-state index in [1.165, 1.54) is 0 Å². The maximum atomic E-state index is 10.2. The zero-order chi connectivity index (χ0) is 8.85. The fourth-order valence-electron chi connectivity index (χ4n) is 0.474. The van der Waals surface area contributed by atoms with Gasteiger partial charge in [-0.05, 0) is 18.6 Å². The molecule has 64 valence electrons. The lowest BCUT2D eigenvalue weighted by Crippen LogP contribution is -2.37. The first kappa shape index (κ1) is 10.1. The van der Waals surface area contributed by atoms with Gasteiger partial charge < -0.3 is 21.9 Å². The van der Waals surface area contributed by atoms with Crippen LogP contribution >= 0.6 is 12.2 Å². The molecule has 0 radical (unpaired) electrons. The number of carboxylic acid groups (broad SMARTS) is 1. The number of hydrogen-bond acceptors (Lipinski definition) is 3. The van der Waals surface area contributed by atoms with E-state index >= 15 is 0 Å². The maximum absolute atomic E-state index is 10.2. The molecular weight excluding hydrogens is 166 g/mol. The second-order valence-electron chi connectivity index (χ2n) is 2.02. The molecule has 0 bridgehead atoms. The first-order valence-electron chi connectivity index (χ1n) is 3.05. The highest BCUT2D eigenvalue weighted by molar-refractivity contribution is 7.80. The van der Waals surface area contributed by atoms with Gasteiger partial charge in [0.1, 0.15) is 6.04 Å². The number of thiocarbonyl (C=S) groups is 1. The first-order chi connectivity index (χ1) is 5.04. The van der Waals surface area contributed by atoms with Crippen LogP contribution in [0.15, 0.2) is 0 Å². The quantitative estimate of drug-likeness (QED) is 0.395. The van der Waals surface area contributed by atoms with Crippen LogP contribution in [0.3, 0.4) is 0 Å². The molecule has 0 fully saturated rings. The molecule has 0 rings (SSSR count). The number of carboxylic acids is 1. The Morgan fingerprint density at radius 2 is 2.27 bits per heavy atom. The van der Waals surface area contributed by atoms with E-state index in [1.54, 1.807) is 0 Å². The smallest absolute Gasteiger partial charge is 0.320 e. The number of rotatable bonds is 4. The molecular formula is C5H11N3O2S. The zero-order valence-corrected chi connectivity index (χ0v) is 6.73. The van der Waals surface area contributed by atoms with Crippen LogP contribution in [-0.2, 0) is 4.79 Å². The minimum Gasteiger partial charge on any atom is -0.480 e. The second kappa shape index (κ2) is 4.86. The lowest BCUT2D eigenvalue weighted by Gasteiger charge is -2.06. The summed E-state index contributed by atoms with van der Waals surface area (Å²) in [7, 11) is 0. The van der Waals surface area contributed by atoms with Crippen molar-refractivity contribution >= 4 is 23.3 Å². The first-order valence-corrected chi connectivity index (χ1v) is 3.46. The van der Waals surface area contributed by atoms with Crippen LogP contribution in [0, 0.1) is 0 Å². The second-order valence-corrected chi connectivity index (χ2v) is 2.46. The van der Waals surface area contributed by atoms with Crippen LogP contribution in [0.5, 0.6) is 0 Å². The largest absolute Gasteiger partial charge is 0.480 e. The summed E-state index contributed by atoms with van der Waals surface area (Å²) in [6.45, 7) is 0.392. The molecule has 0 aromatic carbocycles. The normalized spacial score (nSPS) is 12.1. The van der Waals surface area contributed by atoms with E-state index in [9.17, 15) is 4.79 Å². The Balaban J connectivity index is 3.39. The third-order valence-corrected chi connectivity index (χ3v) is 1.22. The molecule has 1 atom stereocenters. The molecule has 0 aliphatic heterocycles. The van der Waals surface area contributed by atoms with Crippen molar-refractivity contribution in [3.05, 3.63) is 0 Å². The Morgan fingerprint density at radius 3 is 2.64 bits per heavy atom. The maximum Gasteiger partial charge on any atom is 0.320 e. The van der Waals surface area contributed by atoms with Crippen molar-refractivity contribution in [1.82, 2.24) is 5.32 Å². The van der Waals surface area contributed by atoms with Gasteiger partial charge in [-0.1, -0.05) is 0 Å². The van der Waals surface area contributed by atoms with E-state index in [2.05, 4.69) is 17.5 Å². The predicted octanol–water partition coefficient (Wildman–Crippen LogP) is -1.38. The third kappa shape index (κ3) is 5.56. The summed E-state index contributed by atoms with van der Waals surface area (Å²) in [6, 6.07) is -0.850. The molecule has 0 heterocycles. The minimum atomic E-state index is -1.02. The highest BCUT2D eigenvalue weighted by atomic mass is 32.1. The summed E-state index contributed by atoms with van der Waals surface area (Å²) >= 11 is 4.49. The van der Waals surface area contributed by atoms with Crippen molar-refractivity contribution in [2.75, 3.05) is 6.54 Å². The molecule has 5 nitrogen and oxygen atoms in total. The molecule has 0 spiro atoms. The molecule has 11 heavy (non-hydrogen) atoms. The number of carbonyl (C=O) groups is 1. The molecule has 0 aliphatic rings. The molecule has 0 saturated heterocycles.